The van der Waals surface area contributed by atoms with Crippen molar-refractivity contribution in [1.29, 1.82) is 0 Å². The van der Waals surface area contributed by atoms with E-state index >= 15 is 0 Å². The van der Waals surface area contributed by atoms with Gasteiger partial charge in [-0.3, -0.25) is 9.36 Å². The molecule has 0 spiro atoms. The van der Waals surface area contributed by atoms with Crippen LogP contribution in [-0.2, 0) is 23.6 Å². The van der Waals surface area contributed by atoms with Crippen LogP contribution in [0.15, 0.2) is 12.2 Å². The Kier molecular flexibility index (Phi) is 12.5. The summed E-state index contributed by atoms with van der Waals surface area (Å²) < 4.78 is 20.3. The number of ether oxygens (including phenoxy) is 2. The molecular formula is C16H29O7P. The lowest BCUT2D eigenvalue weighted by molar-refractivity contribution is -0.141. The number of carbonyl (C=O) groups is 2. The minimum atomic E-state index is -4.32. The second kappa shape index (κ2) is 13.2. The van der Waals surface area contributed by atoms with Crippen LogP contribution < -0.4 is 0 Å². The van der Waals surface area contributed by atoms with Crippen molar-refractivity contribution in [3.8, 4) is 0 Å². The zero-order chi connectivity index (χ0) is 18.4. The molecule has 0 aliphatic rings. The van der Waals surface area contributed by atoms with Gasteiger partial charge in [-0.15, -0.1) is 0 Å². The summed E-state index contributed by atoms with van der Waals surface area (Å²) in [5.41, 5.74) is 0.419. The first-order valence-electron chi connectivity index (χ1n) is 8.25. The van der Waals surface area contributed by atoms with Crippen LogP contribution in [0.25, 0.3) is 0 Å². The van der Waals surface area contributed by atoms with Gasteiger partial charge in [0.25, 0.3) is 0 Å². The van der Waals surface area contributed by atoms with Gasteiger partial charge in [0.05, 0.1) is 13.2 Å². The number of hydrogen-bond acceptors (Lipinski definition) is 5. The van der Waals surface area contributed by atoms with E-state index in [9.17, 15) is 14.2 Å². The van der Waals surface area contributed by atoms with Gasteiger partial charge in [-0.2, -0.15) is 0 Å². The van der Waals surface area contributed by atoms with Crippen molar-refractivity contribution in [3.05, 3.63) is 12.2 Å². The SMILES string of the molecule is C=C(C)C(=O)OCCCCCCCCCCOC(=O)CP(=O)(O)O. The number of carbonyl (C=O) groups excluding carboxylic acids is 2. The van der Waals surface area contributed by atoms with E-state index in [2.05, 4.69) is 6.58 Å². The molecule has 0 aromatic rings. The normalized spacial score (nSPS) is 11.1. The van der Waals surface area contributed by atoms with Crippen LogP contribution in [0.4, 0.5) is 0 Å². The predicted molar refractivity (Wildman–Crippen MR) is 90.6 cm³/mol. The highest BCUT2D eigenvalue weighted by Crippen LogP contribution is 2.33. The van der Waals surface area contributed by atoms with Gasteiger partial charge in [0, 0.05) is 5.57 Å². The van der Waals surface area contributed by atoms with Crippen molar-refractivity contribution >= 4 is 19.5 Å². The van der Waals surface area contributed by atoms with E-state index in [1.807, 2.05) is 0 Å². The highest BCUT2D eigenvalue weighted by atomic mass is 31.2. The summed E-state index contributed by atoms with van der Waals surface area (Å²) in [5, 5.41) is 0. The fraction of sp³-hybridized carbons (Fsp3) is 0.750. The molecule has 0 fully saturated rings. The van der Waals surface area contributed by atoms with E-state index in [1.54, 1.807) is 6.92 Å². The number of hydrogen-bond donors (Lipinski definition) is 2. The Balaban J connectivity index is 3.29. The molecule has 0 unspecified atom stereocenters. The molecule has 140 valence electrons. The Labute approximate surface area is 143 Å². The Morgan fingerprint density at radius 2 is 1.29 bits per heavy atom. The Morgan fingerprint density at radius 1 is 0.875 bits per heavy atom. The minimum absolute atomic E-state index is 0.201. The summed E-state index contributed by atoms with van der Waals surface area (Å²) in [4.78, 5) is 39.4. The molecule has 2 N–H and O–H groups in total. The molecule has 0 saturated heterocycles. The molecule has 0 saturated carbocycles. The van der Waals surface area contributed by atoms with Crippen LogP contribution in [0.5, 0.6) is 0 Å². The van der Waals surface area contributed by atoms with Crippen LogP contribution in [0.3, 0.4) is 0 Å². The topological polar surface area (TPSA) is 110 Å². The zero-order valence-corrected chi connectivity index (χ0v) is 15.3. The molecular weight excluding hydrogens is 335 g/mol. The summed E-state index contributed by atoms with van der Waals surface area (Å²) in [7, 11) is -4.32. The third-order valence-corrected chi connectivity index (χ3v) is 3.89. The van der Waals surface area contributed by atoms with Crippen molar-refractivity contribution in [1.82, 2.24) is 0 Å². The van der Waals surface area contributed by atoms with E-state index in [0.717, 1.165) is 44.9 Å². The van der Waals surface area contributed by atoms with Crippen LogP contribution in [-0.4, -0.2) is 41.1 Å². The standard InChI is InChI=1S/C16H29O7P/c1-14(2)16(18)23-12-10-8-6-4-3-5-7-9-11-22-15(17)13-24(19,20)21/h1,3-13H2,2H3,(H2,19,20,21). The average molecular weight is 364 g/mol. The molecule has 0 aromatic carbocycles. The molecule has 8 heteroatoms. The minimum Gasteiger partial charge on any atom is -0.465 e. The van der Waals surface area contributed by atoms with E-state index < -0.39 is 19.7 Å². The van der Waals surface area contributed by atoms with Crippen molar-refractivity contribution in [3.63, 3.8) is 0 Å². The van der Waals surface area contributed by atoms with Crippen molar-refractivity contribution in [2.45, 2.75) is 58.3 Å². The van der Waals surface area contributed by atoms with E-state index in [1.165, 1.54) is 0 Å². The third-order valence-electron chi connectivity index (χ3n) is 3.22. The molecule has 0 radical (unpaired) electrons. The first-order valence-corrected chi connectivity index (χ1v) is 10.0. The average Bonchev–Trinajstić information content (AvgIpc) is 2.46. The molecule has 0 heterocycles. The lowest BCUT2D eigenvalue weighted by atomic mass is 10.1. The third kappa shape index (κ3) is 15.7. The maximum absolute atomic E-state index is 11.1. The van der Waals surface area contributed by atoms with E-state index in [-0.39, 0.29) is 12.6 Å². The van der Waals surface area contributed by atoms with Crippen LogP contribution >= 0.6 is 7.60 Å². The maximum atomic E-state index is 11.1. The van der Waals surface area contributed by atoms with Crippen molar-refractivity contribution < 1.29 is 33.4 Å². The summed E-state index contributed by atoms with van der Waals surface area (Å²) in [6.07, 6.45) is 6.94. The molecule has 0 rings (SSSR count). The highest BCUT2D eigenvalue weighted by Gasteiger charge is 2.19. The van der Waals surface area contributed by atoms with Crippen LogP contribution in [0.2, 0.25) is 0 Å². The highest BCUT2D eigenvalue weighted by molar-refractivity contribution is 7.52. The van der Waals surface area contributed by atoms with Gasteiger partial charge in [0.1, 0.15) is 6.16 Å². The fourth-order valence-electron chi connectivity index (χ4n) is 1.95. The Hall–Kier alpha value is -1.17. The van der Waals surface area contributed by atoms with Crippen LogP contribution in [0, 0.1) is 0 Å². The van der Waals surface area contributed by atoms with Gasteiger partial charge in [0.2, 0.25) is 0 Å². The number of esters is 2. The summed E-state index contributed by atoms with van der Waals surface area (Å²) in [6.45, 7) is 5.78. The summed E-state index contributed by atoms with van der Waals surface area (Å²) in [5.74, 6) is -1.19. The van der Waals surface area contributed by atoms with Crippen molar-refractivity contribution in [2.75, 3.05) is 19.4 Å². The number of rotatable bonds is 14. The van der Waals surface area contributed by atoms with Gasteiger partial charge in [-0.25, -0.2) is 4.79 Å². The number of unbranched alkanes of at least 4 members (excludes halogenated alkanes) is 7. The smallest absolute Gasteiger partial charge is 0.336 e. The van der Waals surface area contributed by atoms with Gasteiger partial charge in [-0.05, 0) is 19.8 Å². The molecule has 0 bridgehead atoms. The quantitative estimate of drug-likeness (QED) is 0.211. The van der Waals surface area contributed by atoms with Crippen molar-refractivity contribution in [2.24, 2.45) is 0 Å². The molecule has 0 aliphatic heterocycles. The lowest BCUT2D eigenvalue weighted by Crippen LogP contribution is -2.10. The molecule has 7 nitrogen and oxygen atoms in total. The first kappa shape index (κ1) is 22.8. The first-order chi connectivity index (χ1) is 11.2. The molecule has 0 atom stereocenters. The summed E-state index contributed by atoms with van der Waals surface area (Å²) >= 11 is 0. The van der Waals surface area contributed by atoms with Crippen LogP contribution in [0.1, 0.15) is 58.3 Å². The fourth-order valence-corrected chi connectivity index (χ4v) is 2.38. The predicted octanol–water partition coefficient (Wildman–Crippen LogP) is 2.95. The molecule has 24 heavy (non-hydrogen) atoms. The molecule has 0 aromatic heterocycles. The maximum Gasteiger partial charge on any atom is 0.336 e. The van der Waals surface area contributed by atoms with Gasteiger partial charge in [-0.1, -0.05) is 45.1 Å². The van der Waals surface area contributed by atoms with E-state index in [0.29, 0.717) is 18.6 Å². The van der Waals surface area contributed by atoms with E-state index in [4.69, 9.17) is 19.3 Å². The zero-order valence-electron chi connectivity index (χ0n) is 14.4. The second-order valence-corrected chi connectivity index (χ2v) is 7.43. The lowest BCUT2D eigenvalue weighted by Gasteiger charge is -2.06. The largest absolute Gasteiger partial charge is 0.465 e. The Morgan fingerprint density at radius 3 is 1.71 bits per heavy atom. The second-order valence-electron chi connectivity index (χ2n) is 5.79. The Bertz CT molecular complexity index is 442. The van der Waals surface area contributed by atoms with Gasteiger partial charge < -0.3 is 19.3 Å². The van der Waals surface area contributed by atoms with Gasteiger partial charge >= 0.3 is 19.5 Å². The van der Waals surface area contributed by atoms with Gasteiger partial charge in [0.15, 0.2) is 0 Å². The monoisotopic (exact) mass is 364 g/mol. The molecule has 0 amide bonds. The summed E-state index contributed by atoms with van der Waals surface area (Å²) in [6, 6.07) is 0. The molecule has 0 aliphatic carbocycles.